The number of amides is 2. The lowest BCUT2D eigenvalue weighted by molar-refractivity contribution is -0.140. The van der Waals surface area contributed by atoms with E-state index in [2.05, 4.69) is 5.32 Å². The molecule has 0 heterocycles. The van der Waals surface area contributed by atoms with Gasteiger partial charge in [-0.3, -0.25) is 13.9 Å². The first kappa shape index (κ1) is 30.2. The van der Waals surface area contributed by atoms with Crippen LogP contribution in [0, 0.1) is 12.8 Å². The Hall–Kier alpha value is -3.36. The molecule has 0 radical (unpaired) electrons. The Balaban J connectivity index is 2.04. The molecule has 3 aromatic rings. The average Bonchev–Trinajstić information content (AvgIpc) is 2.92. The quantitative estimate of drug-likeness (QED) is 0.315. The molecule has 1 atom stereocenters. The number of benzene rings is 3. The molecular weight excluding hydrogens is 534 g/mol. The number of hydrogen-bond donors (Lipinski definition) is 1. The number of anilines is 1. The van der Waals surface area contributed by atoms with Crippen molar-refractivity contribution in [3.05, 3.63) is 95.0 Å². The van der Waals surface area contributed by atoms with Gasteiger partial charge in [-0.25, -0.2) is 8.42 Å². The Kier molecular flexibility index (Phi) is 10.5. The van der Waals surface area contributed by atoms with Gasteiger partial charge >= 0.3 is 0 Å². The highest BCUT2D eigenvalue weighted by molar-refractivity contribution is 7.92. The maximum Gasteiger partial charge on any atom is 0.264 e. The van der Waals surface area contributed by atoms with Crippen LogP contribution in [0.1, 0.15) is 38.3 Å². The van der Waals surface area contributed by atoms with Gasteiger partial charge in [-0.1, -0.05) is 87.0 Å². The molecule has 0 spiro atoms. The van der Waals surface area contributed by atoms with Crippen LogP contribution in [0.4, 0.5) is 5.69 Å². The van der Waals surface area contributed by atoms with Crippen LogP contribution in [0.25, 0.3) is 0 Å². The first-order valence-electron chi connectivity index (χ1n) is 13.0. The zero-order valence-electron chi connectivity index (χ0n) is 22.8. The van der Waals surface area contributed by atoms with E-state index in [4.69, 9.17) is 11.6 Å². The molecule has 9 heteroatoms. The third kappa shape index (κ3) is 7.83. The van der Waals surface area contributed by atoms with Crippen molar-refractivity contribution >= 4 is 39.1 Å². The lowest BCUT2D eigenvalue weighted by atomic mass is 10.1. The molecule has 0 aromatic heterocycles. The van der Waals surface area contributed by atoms with E-state index in [-0.39, 0.29) is 29.0 Å². The first-order valence-corrected chi connectivity index (χ1v) is 14.8. The molecule has 0 unspecified atom stereocenters. The smallest absolute Gasteiger partial charge is 0.264 e. The van der Waals surface area contributed by atoms with Gasteiger partial charge in [-0.05, 0) is 54.7 Å². The van der Waals surface area contributed by atoms with Crippen molar-refractivity contribution in [3.63, 3.8) is 0 Å². The molecule has 39 heavy (non-hydrogen) atoms. The van der Waals surface area contributed by atoms with Gasteiger partial charge in [-0.2, -0.15) is 0 Å². The highest BCUT2D eigenvalue weighted by Crippen LogP contribution is 2.28. The topological polar surface area (TPSA) is 86.8 Å². The lowest BCUT2D eigenvalue weighted by Gasteiger charge is -2.33. The molecule has 3 rings (SSSR count). The third-order valence-corrected chi connectivity index (χ3v) is 8.51. The van der Waals surface area contributed by atoms with Gasteiger partial charge in [0, 0.05) is 18.1 Å². The number of carbonyl (C=O) groups excluding carboxylic acids is 2. The van der Waals surface area contributed by atoms with Crippen LogP contribution in [0.5, 0.6) is 0 Å². The summed E-state index contributed by atoms with van der Waals surface area (Å²) < 4.78 is 28.7. The fraction of sp³-hybridized carbons (Fsp3) is 0.333. The van der Waals surface area contributed by atoms with E-state index in [1.165, 1.54) is 17.0 Å². The molecule has 0 aliphatic heterocycles. The summed E-state index contributed by atoms with van der Waals surface area (Å²) in [5.41, 5.74) is 1.87. The summed E-state index contributed by atoms with van der Waals surface area (Å²) in [6, 6.07) is 21.4. The number of nitrogens with one attached hydrogen (secondary N) is 1. The predicted molar refractivity (Wildman–Crippen MR) is 156 cm³/mol. The molecule has 2 amide bonds. The molecule has 0 saturated heterocycles. The van der Waals surface area contributed by atoms with Crippen LogP contribution in [0.2, 0.25) is 5.02 Å². The molecule has 0 fully saturated rings. The fourth-order valence-corrected chi connectivity index (χ4v) is 5.71. The van der Waals surface area contributed by atoms with Crippen LogP contribution < -0.4 is 9.62 Å². The van der Waals surface area contributed by atoms with E-state index in [1.807, 2.05) is 58.0 Å². The Labute approximate surface area is 236 Å². The fourth-order valence-electron chi connectivity index (χ4n) is 4.11. The van der Waals surface area contributed by atoms with E-state index in [0.717, 1.165) is 15.4 Å². The van der Waals surface area contributed by atoms with Crippen molar-refractivity contribution in [2.24, 2.45) is 5.92 Å². The van der Waals surface area contributed by atoms with Gasteiger partial charge in [0.2, 0.25) is 11.8 Å². The summed E-state index contributed by atoms with van der Waals surface area (Å²) in [4.78, 5) is 28.7. The number of carbonyl (C=O) groups is 2. The van der Waals surface area contributed by atoms with Crippen molar-refractivity contribution in [2.75, 3.05) is 17.4 Å². The van der Waals surface area contributed by atoms with Crippen LogP contribution in [-0.4, -0.2) is 44.3 Å². The number of rotatable bonds is 12. The van der Waals surface area contributed by atoms with Gasteiger partial charge in [0.25, 0.3) is 10.0 Å². The second kappa shape index (κ2) is 13.6. The van der Waals surface area contributed by atoms with E-state index >= 15 is 0 Å². The lowest BCUT2D eigenvalue weighted by Crippen LogP contribution is -2.52. The standard InChI is InChI=1S/C30H36ClN3O4S/c1-5-28(30(36)32-19-22(2)3)33(20-24-12-8-6-9-13-24)29(35)21-34(25-17-16-23(4)27(31)18-25)39(37,38)26-14-10-7-11-15-26/h6-18,22,28H,5,19-21H2,1-4H3,(H,32,36)/t28-/m0/s1. The highest BCUT2D eigenvalue weighted by atomic mass is 35.5. The van der Waals surface area contributed by atoms with Crippen molar-refractivity contribution in [2.45, 2.75) is 51.6 Å². The Bertz CT molecular complexity index is 1370. The maximum absolute atomic E-state index is 14.0. The Morgan fingerprint density at radius 1 is 0.949 bits per heavy atom. The van der Waals surface area contributed by atoms with Crippen LogP contribution in [0.3, 0.4) is 0 Å². The number of sulfonamides is 1. The zero-order chi connectivity index (χ0) is 28.6. The number of halogens is 1. The number of aryl methyl sites for hydroxylation is 1. The van der Waals surface area contributed by atoms with Crippen LogP contribution in [-0.2, 0) is 26.2 Å². The van der Waals surface area contributed by atoms with Gasteiger partial charge in [0.05, 0.1) is 10.6 Å². The second-order valence-electron chi connectivity index (χ2n) is 9.83. The molecule has 0 aliphatic carbocycles. The van der Waals surface area contributed by atoms with Crippen molar-refractivity contribution < 1.29 is 18.0 Å². The van der Waals surface area contributed by atoms with E-state index in [0.29, 0.717) is 18.0 Å². The second-order valence-corrected chi connectivity index (χ2v) is 12.1. The molecule has 3 aromatic carbocycles. The van der Waals surface area contributed by atoms with E-state index in [9.17, 15) is 18.0 Å². The molecule has 1 N–H and O–H groups in total. The van der Waals surface area contributed by atoms with Gasteiger partial charge in [-0.15, -0.1) is 0 Å². The van der Waals surface area contributed by atoms with Crippen LogP contribution >= 0.6 is 11.6 Å². The van der Waals surface area contributed by atoms with Gasteiger partial charge < -0.3 is 10.2 Å². The monoisotopic (exact) mass is 569 g/mol. The molecule has 0 aliphatic rings. The zero-order valence-corrected chi connectivity index (χ0v) is 24.4. The van der Waals surface area contributed by atoms with Crippen LogP contribution in [0.15, 0.2) is 83.8 Å². The maximum atomic E-state index is 14.0. The SMILES string of the molecule is CC[C@@H](C(=O)NCC(C)C)N(Cc1ccccc1)C(=O)CN(c1ccc(C)c(Cl)c1)S(=O)(=O)c1ccccc1. The van der Waals surface area contributed by atoms with Crippen molar-refractivity contribution in [3.8, 4) is 0 Å². The summed E-state index contributed by atoms with van der Waals surface area (Å²) in [5.74, 6) is -0.532. The summed E-state index contributed by atoms with van der Waals surface area (Å²) >= 11 is 6.37. The van der Waals surface area contributed by atoms with Gasteiger partial charge in [0.1, 0.15) is 12.6 Å². The molecule has 0 bridgehead atoms. The predicted octanol–water partition coefficient (Wildman–Crippen LogP) is 5.42. The minimum Gasteiger partial charge on any atom is -0.354 e. The van der Waals surface area contributed by atoms with E-state index in [1.54, 1.807) is 36.4 Å². The summed E-state index contributed by atoms with van der Waals surface area (Å²) in [7, 11) is -4.13. The van der Waals surface area contributed by atoms with Crippen molar-refractivity contribution in [1.29, 1.82) is 0 Å². The summed E-state index contributed by atoms with van der Waals surface area (Å²) in [6.45, 7) is 7.76. The summed E-state index contributed by atoms with van der Waals surface area (Å²) in [6.07, 6.45) is 0.365. The average molecular weight is 570 g/mol. The minimum absolute atomic E-state index is 0.0471. The molecule has 0 saturated carbocycles. The first-order chi connectivity index (χ1) is 18.5. The normalized spacial score (nSPS) is 12.2. The minimum atomic E-state index is -4.13. The highest BCUT2D eigenvalue weighted by Gasteiger charge is 2.33. The largest absolute Gasteiger partial charge is 0.354 e. The molecule has 208 valence electrons. The third-order valence-electron chi connectivity index (χ3n) is 6.32. The number of hydrogen-bond acceptors (Lipinski definition) is 4. The summed E-state index contributed by atoms with van der Waals surface area (Å²) in [5, 5.41) is 3.31. The molecule has 7 nitrogen and oxygen atoms in total. The number of nitrogens with zero attached hydrogens (tertiary/aromatic N) is 2. The van der Waals surface area contributed by atoms with Crippen molar-refractivity contribution in [1.82, 2.24) is 10.2 Å². The molecular formula is C30H36ClN3O4S. The Morgan fingerprint density at radius 2 is 1.56 bits per heavy atom. The Morgan fingerprint density at radius 3 is 2.13 bits per heavy atom. The van der Waals surface area contributed by atoms with Gasteiger partial charge in [0.15, 0.2) is 0 Å². The van der Waals surface area contributed by atoms with E-state index < -0.39 is 28.5 Å².